The standard InChI is InChI=1S/C18H16ClN3O2S/c1-11-2-6-13(7-3-11)20-16(23)10-15-17(24)22-18(25-15)21-14-8-4-12(19)5-9-14/h2-9,15H,10H2,1H3,(H,20,23)(H,21,22,24). The number of carbonyl (C=O) groups is 2. The Morgan fingerprint density at radius 1 is 1.20 bits per heavy atom. The number of aliphatic imine (C=N–C) groups is 1. The smallest absolute Gasteiger partial charge is 0.240 e. The second kappa shape index (κ2) is 7.72. The zero-order valence-corrected chi connectivity index (χ0v) is 15.0. The van der Waals surface area contributed by atoms with Crippen molar-refractivity contribution in [2.45, 2.75) is 18.6 Å². The molecule has 2 aromatic carbocycles. The number of carbonyl (C=O) groups excluding carboxylic acids is 2. The van der Waals surface area contributed by atoms with Gasteiger partial charge < -0.3 is 10.6 Å². The highest BCUT2D eigenvalue weighted by molar-refractivity contribution is 8.15. The molecule has 2 N–H and O–H groups in total. The molecule has 1 atom stereocenters. The van der Waals surface area contributed by atoms with E-state index >= 15 is 0 Å². The van der Waals surface area contributed by atoms with E-state index in [9.17, 15) is 9.59 Å². The van der Waals surface area contributed by atoms with Crippen LogP contribution in [0.5, 0.6) is 0 Å². The maximum absolute atomic E-state index is 12.1. The summed E-state index contributed by atoms with van der Waals surface area (Å²) in [4.78, 5) is 28.5. The molecule has 25 heavy (non-hydrogen) atoms. The molecule has 2 aromatic rings. The number of nitrogens with zero attached hydrogens (tertiary/aromatic N) is 1. The molecule has 0 radical (unpaired) electrons. The van der Waals surface area contributed by atoms with Gasteiger partial charge in [-0.1, -0.05) is 41.1 Å². The third kappa shape index (κ3) is 4.84. The Morgan fingerprint density at radius 3 is 2.56 bits per heavy atom. The lowest BCUT2D eigenvalue weighted by Gasteiger charge is -2.07. The molecule has 128 valence electrons. The Balaban J connectivity index is 1.59. The predicted octanol–water partition coefficient (Wildman–Crippen LogP) is 3.90. The minimum atomic E-state index is -0.489. The summed E-state index contributed by atoms with van der Waals surface area (Å²) < 4.78 is 0. The summed E-state index contributed by atoms with van der Waals surface area (Å²) in [7, 11) is 0. The highest BCUT2D eigenvalue weighted by Crippen LogP contribution is 2.26. The number of hydrogen-bond acceptors (Lipinski definition) is 4. The van der Waals surface area contributed by atoms with E-state index in [-0.39, 0.29) is 18.2 Å². The van der Waals surface area contributed by atoms with Crippen LogP contribution in [-0.4, -0.2) is 22.2 Å². The van der Waals surface area contributed by atoms with Gasteiger partial charge in [0.25, 0.3) is 0 Å². The Hall–Kier alpha value is -2.31. The molecular formula is C18H16ClN3O2S. The lowest BCUT2D eigenvalue weighted by Crippen LogP contribution is -2.28. The second-order valence-electron chi connectivity index (χ2n) is 5.61. The zero-order valence-electron chi connectivity index (χ0n) is 13.5. The van der Waals surface area contributed by atoms with Gasteiger partial charge in [-0.2, -0.15) is 0 Å². The van der Waals surface area contributed by atoms with Crippen molar-refractivity contribution in [2.24, 2.45) is 4.99 Å². The van der Waals surface area contributed by atoms with Crippen LogP contribution in [0.1, 0.15) is 12.0 Å². The molecule has 1 aliphatic heterocycles. The lowest BCUT2D eigenvalue weighted by molar-refractivity contribution is -0.122. The van der Waals surface area contributed by atoms with Gasteiger partial charge in [0.05, 0.1) is 5.69 Å². The van der Waals surface area contributed by atoms with Crippen LogP contribution in [0.25, 0.3) is 0 Å². The van der Waals surface area contributed by atoms with Gasteiger partial charge in [0, 0.05) is 17.1 Å². The van der Waals surface area contributed by atoms with Crippen molar-refractivity contribution in [1.82, 2.24) is 5.32 Å². The molecule has 0 aliphatic carbocycles. The third-order valence-corrected chi connectivity index (χ3v) is 4.87. The van der Waals surface area contributed by atoms with Gasteiger partial charge in [0.2, 0.25) is 11.8 Å². The number of anilines is 1. The van der Waals surface area contributed by atoms with E-state index in [0.29, 0.717) is 21.6 Å². The number of halogens is 1. The van der Waals surface area contributed by atoms with Gasteiger partial charge in [0.15, 0.2) is 5.17 Å². The van der Waals surface area contributed by atoms with Crippen LogP contribution in [0.2, 0.25) is 5.02 Å². The Bertz CT molecular complexity index is 819. The number of rotatable bonds is 4. The Kier molecular flexibility index (Phi) is 5.40. The number of thioether (sulfide) groups is 1. The fraction of sp³-hybridized carbons (Fsp3) is 0.167. The molecule has 0 bridgehead atoms. The van der Waals surface area contributed by atoms with Crippen molar-refractivity contribution in [1.29, 1.82) is 0 Å². The van der Waals surface area contributed by atoms with Crippen molar-refractivity contribution in [3.05, 3.63) is 59.1 Å². The van der Waals surface area contributed by atoms with Crippen LogP contribution in [-0.2, 0) is 9.59 Å². The average Bonchev–Trinajstić information content (AvgIpc) is 2.91. The summed E-state index contributed by atoms with van der Waals surface area (Å²) in [5.74, 6) is -0.416. The average molecular weight is 374 g/mol. The van der Waals surface area contributed by atoms with Gasteiger partial charge in [0.1, 0.15) is 5.25 Å². The Labute approximate surface area is 154 Å². The van der Waals surface area contributed by atoms with Crippen LogP contribution in [0.3, 0.4) is 0 Å². The van der Waals surface area contributed by atoms with Crippen LogP contribution >= 0.6 is 23.4 Å². The fourth-order valence-corrected chi connectivity index (χ4v) is 3.36. The van der Waals surface area contributed by atoms with Gasteiger partial charge >= 0.3 is 0 Å². The molecule has 1 fully saturated rings. The molecule has 5 nitrogen and oxygen atoms in total. The summed E-state index contributed by atoms with van der Waals surface area (Å²) in [5, 5.41) is 6.13. The van der Waals surface area contributed by atoms with Crippen molar-refractivity contribution < 1.29 is 9.59 Å². The first kappa shape index (κ1) is 17.5. The van der Waals surface area contributed by atoms with Crippen LogP contribution in [0, 0.1) is 6.92 Å². The van der Waals surface area contributed by atoms with Crippen molar-refractivity contribution in [3.8, 4) is 0 Å². The minimum absolute atomic E-state index is 0.0873. The van der Waals surface area contributed by atoms with Crippen molar-refractivity contribution in [3.63, 3.8) is 0 Å². The SMILES string of the molecule is Cc1ccc(NC(=O)CC2SC(=Nc3ccc(Cl)cc3)NC2=O)cc1. The monoisotopic (exact) mass is 373 g/mol. The van der Waals surface area contributed by atoms with E-state index in [1.807, 2.05) is 31.2 Å². The van der Waals surface area contributed by atoms with E-state index in [4.69, 9.17) is 11.6 Å². The molecular weight excluding hydrogens is 358 g/mol. The van der Waals surface area contributed by atoms with Gasteiger partial charge in [-0.3, -0.25) is 9.59 Å². The number of hydrogen-bond donors (Lipinski definition) is 2. The van der Waals surface area contributed by atoms with Crippen molar-refractivity contribution in [2.75, 3.05) is 5.32 Å². The minimum Gasteiger partial charge on any atom is -0.326 e. The third-order valence-electron chi connectivity index (χ3n) is 3.54. The number of aryl methyl sites for hydroxylation is 1. The van der Waals surface area contributed by atoms with E-state index in [1.165, 1.54) is 11.8 Å². The number of nitrogens with one attached hydrogen (secondary N) is 2. The maximum Gasteiger partial charge on any atom is 0.240 e. The van der Waals surface area contributed by atoms with Gasteiger partial charge in [-0.05, 0) is 43.3 Å². The molecule has 1 heterocycles. The number of benzene rings is 2. The van der Waals surface area contributed by atoms with Crippen LogP contribution in [0.15, 0.2) is 53.5 Å². The second-order valence-corrected chi connectivity index (χ2v) is 7.24. The molecule has 2 amide bonds. The van der Waals surface area contributed by atoms with Crippen LogP contribution < -0.4 is 10.6 Å². The normalized spacial score (nSPS) is 18.2. The number of amides is 2. The molecule has 3 rings (SSSR count). The molecule has 1 saturated heterocycles. The summed E-state index contributed by atoms with van der Waals surface area (Å²) in [6, 6.07) is 14.5. The van der Waals surface area contributed by atoms with E-state index in [1.54, 1.807) is 24.3 Å². The fourth-order valence-electron chi connectivity index (χ4n) is 2.24. The summed E-state index contributed by atoms with van der Waals surface area (Å²) in [6.07, 6.45) is 0.0873. The predicted molar refractivity (Wildman–Crippen MR) is 102 cm³/mol. The first-order valence-corrected chi connectivity index (χ1v) is 8.94. The van der Waals surface area contributed by atoms with Crippen molar-refractivity contribution >= 4 is 51.7 Å². The highest BCUT2D eigenvalue weighted by atomic mass is 35.5. The summed E-state index contributed by atoms with van der Waals surface area (Å²) in [6.45, 7) is 1.98. The first-order chi connectivity index (χ1) is 12.0. The van der Waals surface area contributed by atoms with E-state index in [0.717, 1.165) is 5.56 Å². The molecule has 1 unspecified atom stereocenters. The van der Waals surface area contributed by atoms with Gasteiger partial charge in [-0.25, -0.2) is 4.99 Å². The summed E-state index contributed by atoms with van der Waals surface area (Å²) in [5.41, 5.74) is 2.53. The van der Waals surface area contributed by atoms with Gasteiger partial charge in [-0.15, -0.1) is 0 Å². The molecule has 7 heteroatoms. The van der Waals surface area contributed by atoms with Crippen LogP contribution in [0.4, 0.5) is 11.4 Å². The maximum atomic E-state index is 12.1. The topological polar surface area (TPSA) is 70.6 Å². The number of amidine groups is 1. The molecule has 0 saturated carbocycles. The Morgan fingerprint density at radius 2 is 1.88 bits per heavy atom. The zero-order chi connectivity index (χ0) is 17.8. The largest absolute Gasteiger partial charge is 0.326 e. The molecule has 1 aliphatic rings. The molecule has 0 aromatic heterocycles. The lowest BCUT2D eigenvalue weighted by atomic mass is 10.2. The quantitative estimate of drug-likeness (QED) is 0.853. The van der Waals surface area contributed by atoms with E-state index in [2.05, 4.69) is 15.6 Å². The molecule has 0 spiro atoms. The first-order valence-electron chi connectivity index (χ1n) is 7.68. The van der Waals surface area contributed by atoms with E-state index < -0.39 is 5.25 Å². The summed E-state index contributed by atoms with van der Waals surface area (Å²) >= 11 is 7.09. The highest BCUT2D eigenvalue weighted by Gasteiger charge is 2.32.